The monoisotopic (exact) mass is 533 g/mol. The van der Waals surface area contributed by atoms with Crippen molar-refractivity contribution in [2.75, 3.05) is 33.1 Å². The predicted molar refractivity (Wildman–Crippen MR) is 126 cm³/mol. The van der Waals surface area contributed by atoms with Gasteiger partial charge in [-0.05, 0) is 31.2 Å². The second-order valence-electron chi connectivity index (χ2n) is 5.93. The van der Waals surface area contributed by atoms with Crippen molar-refractivity contribution in [3.8, 4) is 11.5 Å². The van der Waals surface area contributed by atoms with Gasteiger partial charge in [0.15, 0.2) is 15.8 Å². The van der Waals surface area contributed by atoms with E-state index in [1.54, 1.807) is 50.6 Å². The minimum atomic E-state index is -3.34. The highest BCUT2D eigenvalue weighted by Crippen LogP contribution is 2.25. The average Bonchev–Trinajstić information content (AvgIpc) is 2.72. The van der Waals surface area contributed by atoms with E-state index in [4.69, 9.17) is 9.47 Å². The van der Waals surface area contributed by atoms with Gasteiger partial charge in [-0.2, -0.15) is 0 Å². The zero-order valence-corrected chi connectivity index (χ0v) is 20.0. The van der Waals surface area contributed by atoms with Crippen molar-refractivity contribution in [2.24, 2.45) is 4.99 Å². The van der Waals surface area contributed by atoms with Crippen molar-refractivity contribution >= 4 is 39.8 Å². The van der Waals surface area contributed by atoms with Crippen LogP contribution in [0.15, 0.2) is 58.4 Å². The van der Waals surface area contributed by atoms with Crippen LogP contribution in [0.3, 0.4) is 0 Å². The van der Waals surface area contributed by atoms with E-state index in [0.29, 0.717) is 35.4 Å². The molecule has 9 heteroatoms. The Morgan fingerprint density at radius 1 is 1.03 bits per heavy atom. The molecule has 0 aliphatic rings. The van der Waals surface area contributed by atoms with E-state index < -0.39 is 9.84 Å². The Balaban J connectivity index is 0.00000420. The van der Waals surface area contributed by atoms with Crippen molar-refractivity contribution in [2.45, 2.75) is 18.4 Å². The lowest BCUT2D eigenvalue weighted by atomic mass is 10.2. The smallest absolute Gasteiger partial charge is 0.191 e. The number of rotatable bonds is 9. The summed E-state index contributed by atoms with van der Waals surface area (Å²) >= 11 is 0. The number of methoxy groups -OCH3 is 2. The van der Waals surface area contributed by atoms with Gasteiger partial charge in [0.05, 0.1) is 31.4 Å². The second-order valence-corrected chi connectivity index (χ2v) is 8.04. The summed E-state index contributed by atoms with van der Waals surface area (Å²) in [5.74, 6) is 1.92. The van der Waals surface area contributed by atoms with Crippen LogP contribution < -0.4 is 20.1 Å². The number of halogens is 1. The maximum absolute atomic E-state index is 12.4. The molecule has 2 aromatic rings. The fourth-order valence-corrected chi connectivity index (χ4v) is 3.72. The lowest BCUT2D eigenvalue weighted by Gasteiger charge is -2.13. The van der Waals surface area contributed by atoms with E-state index in [2.05, 4.69) is 15.6 Å². The first-order valence-corrected chi connectivity index (χ1v) is 10.7. The summed E-state index contributed by atoms with van der Waals surface area (Å²) in [4.78, 5) is 4.84. The van der Waals surface area contributed by atoms with Crippen LogP contribution in [0.25, 0.3) is 0 Å². The fourth-order valence-electron chi connectivity index (χ4n) is 2.54. The molecule has 0 radical (unpaired) electrons. The fraction of sp³-hybridized carbons (Fsp3) is 0.350. The first-order chi connectivity index (χ1) is 13.5. The van der Waals surface area contributed by atoms with E-state index in [0.717, 1.165) is 5.56 Å². The Hall–Kier alpha value is -2.01. The molecule has 2 rings (SSSR count). The minimum absolute atomic E-state index is 0. The SMILES string of the molecule is CCNC(=NCc1ccc(OC)cc1OC)NCCS(=O)(=O)c1ccccc1.I. The average molecular weight is 533 g/mol. The Labute approximate surface area is 189 Å². The van der Waals surface area contributed by atoms with Crippen LogP contribution in [0.4, 0.5) is 0 Å². The molecule has 0 saturated carbocycles. The molecule has 7 nitrogen and oxygen atoms in total. The topological polar surface area (TPSA) is 89.0 Å². The number of hydrogen-bond donors (Lipinski definition) is 2. The first-order valence-electron chi connectivity index (χ1n) is 9.01. The van der Waals surface area contributed by atoms with E-state index >= 15 is 0 Å². The highest BCUT2D eigenvalue weighted by Gasteiger charge is 2.13. The maximum Gasteiger partial charge on any atom is 0.191 e. The number of nitrogens with zero attached hydrogens (tertiary/aromatic N) is 1. The third-order valence-corrected chi connectivity index (χ3v) is 5.74. The van der Waals surface area contributed by atoms with Gasteiger partial charge < -0.3 is 20.1 Å². The van der Waals surface area contributed by atoms with Gasteiger partial charge in [0.25, 0.3) is 0 Å². The van der Waals surface area contributed by atoms with E-state index in [9.17, 15) is 8.42 Å². The molecule has 0 spiro atoms. The van der Waals surface area contributed by atoms with Crippen LogP contribution in [0.1, 0.15) is 12.5 Å². The van der Waals surface area contributed by atoms with Gasteiger partial charge in [-0.1, -0.05) is 18.2 Å². The van der Waals surface area contributed by atoms with Crippen LogP contribution in [-0.4, -0.2) is 47.4 Å². The van der Waals surface area contributed by atoms with Gasteiger partial charge in [0, 0.05) is 24.7 Å². The molecular weight excluding hydrogens is 505 g/mol. The standard InChI is InChI=1S/C20H27N3O4S.HI/c1-4-21-20(22-12-13-28(24,25)18-8-6-5-7-9-18)23-15-16-10-11-17(26-2)14-19(16)27-3;/h5-11,14H,4,12-13,15H2,1-3H3,(H2,21,22,23);1H. The molecule has 0 heterocycles. The highest BCUT2D eigenvalue weighted by atomic mass is 127. The van der Waals surface area contributed by atoms with Crippen molar-refractivity contribution in [1.29, 1.82) is 0 Å². The summed E-state index contributed by atoms with van der Waals surface area (Å²) in [6.45, 7) is 3.25. The second kappa shape index (κ2) is 12.5. The normalized spacial score (nSPS) is 11.3. The van der Waals surface area contributed by atoms with Gasteiger partial charge in [-0.3, -0.25) is 0 Å². The van der Waals surface area contributed by atoms with E-state index in [-0.39, 0.29) is 36.3 Å². The first kappa shape index (κ1) is 25.0. The molecule has 0 atom stereocenters. The molecule has 2 N–H and O–H groups in total. The molecule has 0 saturated heterocycles. The molecular formula is C20H28IN3O4S. The molecule has 29 heavy (non-hydrogen) atoms. The van der Waals surface area contributed by atoms with Crippen molar-refractivity contribution in [3.05, 3.63) is 54.1 Å². The minimum Gasteiger partial charge on any atom is -0.497 e. The molecule has 0 bridgehead atoms. The number of nitrogens with one attached hydrogen (secondary N) is 2. The van der Waals surface area contributed by atoms with Crippen molar-refractivity contribution < 1.29 is 17.9 Å². The number of sulfone groups is 1. The summed E-state index contributed by atoms with van der Waals surface area (Å²) < 4.78 is 35.3. The van der Waals surface area contributed by atoms with Gasteiger partial charge in [-0.15, -0.1) is 24.0 Å². The molecule has 0 amide bonds. The Kier molecular flexibility index (Phi) is 10.8. The number of benzene rings is 2. The van der Waals surface area contributed by atoms with Gasteiger partial charge >= 0.3 is 0 Å². The number of guanidine groups is 1. The predicted octanol–water partition coefficient (Wildman–Crippen LogP) is 2.85. The molecule has 0 aliphatic heterocycles. The van der Waals surface area contributed by atoms with E-state index in [1.807, 2.05) is 19.1 Å². The Morgan fingerprint density at radius 3 is 2.38 bits per heavy atom. The largest absolute Gasteiger partial charge is 0.497 e. The van der Waals surface area contributed by atoms with Crippen LogP contribution in [0.5, 0.6) is 11.5 Å². The summed E-state index contributed by atoms with van der Waals surface area (Å²) in [5.41, 5.74) is 0.900. The number of hydrogen-bond acceptors (Lipinski definition) is 5. The lowest BCUT2D eigenvalue weighted by molar-refractivity contribution is 0.391. The highest BCUT2D eigenvalue weighted by molar-refractivity contribution is 14.0. The summed E-state index contributed by atoms with van der Waals surface area (Å²) in [6.07, 6.45) is 0. The quantitative estimate of drug-likeness (QED) is 0.293. The van der Waals surface area contributed by atoms with Crippen LogP contribution >= 0.6 is 24.0 Å². The molecule has 2 aromatic carbocycles. The van der Waals surface area contributed by atoms with Crippen LogP contribution in [-0.2, 0) is 16.4 Å². The number of ether oxygens (including phenoxy) is 2. The Morgan fingerprint density at radius 2 is 1.76 bits per heavy atom. The Bertz CT molecular complexity index is 890. The lowest BCUT2D eigenvalue weighted by Crippen LogP contribution is -2.39. The molecule has 0 fully saturated rings. The zero-order chi connectivity index (χ0) is 20.4. The molecule has 0 aromatic heterocycles. The number of aliphatic imine (C=N–C) groups is 1. The van der Waals surface area contributed by atoms with Crippen LogP contribution in [0, 0.1) is 0 Å². The summed E-state index contributed by atoms with van der Waals surface area (Å²) in [7, 11) is -0.138. The van der Waals surface area contributed by atoms with Gasteiger partial charge in [-0.25, -0.2) is 13.4 Å². The van der Waals surface area contributed by atoms with Crippen molar-refractivity contribution in [3.63, 3.8) is 0 Å². The van der Waals surface area contributed by atoms with E-state index in [1.165, 1.54) is 0 Å². The van der Waals surface area contributed by atoms with Gasteiger partial charge in [0.1, 0.15) is 11.5 Å². The molecule has 0 aliphatic carbocycles. The summed E-state index contributed by atoms with van der Waals surface area (Å²) in [5, 5.41) is 6.19. The molecule has 0 unspecified atom stereocenters. The zero-order valence-electron chi connectivity index (χ0n) is 16.8. The third-order valence-electron chi connectivity index (χ3n) is 4.01. The third kappa shape index (κ3) is 7.73. The molecule has 160 valence electrons. The summed E-state index contributed by atoms with van der Waals surface area (Å²) in [6, 6.07) is 14.0. The van der Waals surface area contributed by atoms with Crippen molar-refractivity contribution in [1.82, 2.24) is 10.6 Å². The van der Waals surface area contributed by atoms with Crippen LogP contribution in [0.2, 0.25) is 0 Å². The van der Waals surface area contributed by atoms with Gasteiger partial charge in [0.2, 0.25) is 0 Å². The maximum atomic E-state index is 12.4.